The van der Waals surface area contributed by atoms with Crippen LogP contribution in [0.15, 0.2) is 60.1 Å². The highest BCUT2D eigenvalue weighted by Crippen LogP contribution is 2.33. The molecule has 0 fully saturated rings. The lowest BCUT2D eigenvalue weighted by Crippen LogP contribution is -2.28. The second-order valence-electron chi connectivity index (χ2n) is 6.90. The molecule has 28 heavy (non-hydrogen) atoms. The number of benzene rings is 1. The molecule has 0 amide bonds. The average molecular weight is 375 g/mol. The molecule has 0 radical (unpaired) electrons. The van der Waals surface area contributed by atoms with Crippen molar-refractivity contribution in [3.63, 3.8) is 0 Å². The van der Waals surface area contributed by atoms with Crippen LogP contribution in [-0.4, -0.2) is 28.4 Å². The number of Topliss-reactive ketones (excluding diaryl/α,β-unsaturated/α-hetero) is 1. The summed E-state index contributed by atoms with van der Waals surface area (Å²) in [5, 5.41) is 5.15. The van der Waals surface area contributed by atoms with E-state index in [-0.39, 0.29) is 5.78 Å². The van der Waals surface area contributed by atoms with Crippen LogP contribution in [0.5, 0.6) is 0 Å². The summed E-state index contributed by atoms with van der Waals surface area (Å²) in [6.07, 6.45) is 5.46. The fourth-order valence-corrected chi connectivity index (χ4v) is 4.02. The van der Waals surface area contributed by atoms with Gasteiger partial charge < -0.3 is 14.6 Å². The predicted molar refractivity (Wildman–Crippen MR) is 107 cm³/mol. The fourth-order valence-electron chi connectivity index (χ4n) is 4.02. The van der Waals surface area contributed by atoms with Crippen molar-refractivity contribution < 1.29 is 14.3 Å². The van der Waals surface area contributed by atoms with Gasteiger partial charge in [-0.2, -0.15) is 0 Å². The van der Waals surface area contributed by atoms with E-state index in [1.54, 1.807) is 18.6 Å². The Morgan fingerprint density at radius 2 is 1.89 bits per heavy atom. The van der Waals surface area contributed by atoms with Gasteiger partial charge in [0.2, 0.25) is 0 Å². The third-order valence-corrected chi connectivity index (χ3v) is 5.34. The minimum atomic E-state index is -0.450. The van der Waals surface area contributed by atoms with Crippen LogP contribution >= 0.6 is 0 Å². The van der Waals surface area contributed by atoms with Gasteiger partial charge in [0.1, 0.15) is 0 Å². The number of aromatic nitrogens is 2. The van der Waals surface area contributed by atoms with Crippen molar-refractivity contribution in [2.45, 2.75) is 13.3 Å². The highest BCUT2D eigenvalue weighted by atomic mass is 16.5. The lowest BCUT2D eigenvalue weighted by atomic mass is 9.84. The summed E-state index contributed by atoms with van der Waals surface area (Å²) in [7, 11) is 3.35. The number of dihydropyridines is 1. The predicted octanol–water partition coefficient (Wildman–Crippen LogP) is 3.02. The molecular formula is C22H21N3O3. The standard InChI is InChI=1S/C22H21N3O3/c1-13(26)17-11-23-12-18(22(27)28-3)16(17)10-19-21-15(8-9-24-19)14-6-4-5-7-20(14)25(21)2/h4-9,11-12,16,23H,10H2,1-3H3. The molecule has 0 bridgehead atoms. The number of ether oxygens (including phenoxy) is 1. The van der Waals surface area contributed by atoms with Crippen LogP contribution in [0, 0.1) is 5.92 Å². The minimum Gasteiger partial charge on any atom is -0.466 e. The van der Waals surface area contributed by atoms with E-state index in [0.29, 0.717) is 17.6 Å². The summed E-state index contributed by atoms with van der Waals surface area (Å²) >= 11 is 0. The van der Waals surface area contributed by atoms with E-state index in [1.165, 1.54) is 14.0 Å². The number of carbonyl (C=O) groups excluding carboxylic acids is 2. The zero-order valence-electron chi connectivity index (χ0n) is 16.0. The van der Waals surface area contributed by atoms with Gasteiger partial charge in [-0.25, -0.2) is 4.79 Å². The Bertz CT molecular complexity index is 1170. The van der Waals surface area contributed by atoms with Crippen LogP contribution in [0.2, 0.25) is 0 Å². The number of fused-ring (bicyclic) bond motifs is 3. The highest BCUT2D eigenvalue weighted by molar-refractivity contribution is 6.08. The molecule has 6 heteroatoms. The third-order valence-electron chi connectivity index (χ3n) is 5.34. The van der Waals surface area contributed by atoms with Crippen LogP contribution in [-0.2, 0) is 27.8 Å². The molecule has 3 heterocycles. The summed E-state index contributed by atoms with van der Waals surface area (Å²) < 4.78 is 7.05. The molecule has 1 atom stereocenters. The molecular weight excluding hydrogens is 354 g/mol. The van der Waals surface area contributed by atoms with Crippen molar-refractivity contribution in [3.05, 3.63) is 65.8 Å². The fraction of sp³-hybridized carbons (Fsp3) is 0.227. The van der Waals surface area contributed by atoms with E-state index in [9.17, 15) is 9.59 Å². The molecule has 1 aliphatic rings. The van der Waals surface area contributed by atoms with Crippen LogP contribution < -0.4 is 5.32 Å². The quantitative estimate of drug-likeness (QED) is 0.710. The van der Waals surface area contributed by atoms with E-state index >= 15 is 0 Å². The van der Waals surface area contributed by atoms with E-state index in [0.717, 1.165) is 27.5 Å². The summed E-state index contributed by atoms with van der Waals surface area (Å²) in [4.78, 5) is 29.1. The maximum Gasteiger partial charge on any atom is 0.335 e. The Labute approximate surface area is 162 Å². The van der Waals surface area contributed by atoms with Crippen molar-refractivity contribution in [1.29, 1.82) is 0 Å². The number of methoxy groups -OCH3 is 1. The zero-order valence-corrected chi connectivity index (χ0v) is 16.0. The molecule has 3 aromatic rings. The molecule has 142 valence electrons. The van der Waals surface area contributed by atoms with E-state index in [2.05, 4.69) is 27.0 Å². The Balaban J connectivity index is 1.87. The van der Waals surface area contributed by atoms with Crippen LogP contribution in [0.25, 0.3) is 21.8 Å². The number of nitrogens with zero attached hydrogens (tertiary/aromatic N) is 2. The normalized spacial score (nSPS) is 16.5. The van der Waals surface area contributed by atoms with Gasteiger partial charge in [0.05, 0.1) is 23.9 Å². The number of hydrogen-bond donors (Lipinski definition) is 1. The molecule has 1 N–H and O–H groups in total. The molecule has 4 rings (SSSR count). The number of aryl methyl sites for hydroxylation is 1. The Hall–Kier alpha value is -3.41. The van der Waals surface area contributed by atoms with Crippen molar-refractivity contribution >= 4 is 33.6 Å². The van der Waals surface area contributed by atoms with Crippen molar-refractivity contribution in [3.8, 4) is 0 Å². The topological polar surface area (TPSA) is 73.2 Å². The van der Waals surface area contributed by atoms with Gasteiger partial charge in [0.25, 0.3) is 0 Å². The first kappa shape index (κ1) is 18.0. The number of pyridine rings is 1. The van der Waals surface area contributed by atoms with Gasteiger partial charge in [0.15, 0.2) is 5.78 Å². The third kappa shape index (κ3) is 2.78. The van der Waals surface area contributed by atoms with E-state index in [4.69, 9.17) is 4.74 Å². The van der Waals surface area contributed by atoms with Crippen LogP contribution in [0.3, 0.4) is 0 Å². The number of rotatable bonds is 4. The number of allylic oxidation sites excluding steroid dienone is 1. The van der Waals surface area contributed by atoms with Crippen molar-refractivity contribution in [2.24, 2.45) is 13.0 Å². The van der Waals surface area contributed by atoms with Gasteiger partial charge in [-0.3, -0.25) is 9.78 Å². The maximum atomic E-state index is 12.3. The summed E-state index contributed by atoms with van der Waals surface area (Å²) in [5.41, 5.74) is 3.93. The van der Waals surface area contributed by atoms with Crippen molar-refractivity contribution in [1.82, 2.24) is 14.9 Å². The molecule has 6 nitrogen and oxygen atoms in total. The summed E-state index contributed by atoms with van der Waals surface area (Å²) in [5.74, 6) is -0.952. The van der Waals surface area contributed by atoms with E-state index < -0.39 is 11.9 Å². The van der Waals surface area contributed by atoms with Gasteiger partial charge in [-0.15, -0.1) is 0 Å². The van der Waals surface area contributed by atoms with Gasteiger partial charge in [0, 0.05) is 59.8 Å². The SMILES string of the molecule is COC(=O)C1=CNC=C(C(C)=O)C1Cc1nccc2c3ccccc3n(C)c12. The van der Waals surface area contributed by atoms with Gasteiger partial charge in [-0.05, 0) is 19.1 Å². The molecule has 0 saturated heterocycles. The molecule has 1 aliphatic heterocycles. The second-order valence-corrected chi connectivity index (χ2v) is 6.90. The second kappa shape index (κ2) is 6.96. The zero-order chi connectivity index (χ0) is 19.8. The molecule has 0 saturated carbocycles. The van der Waals surface area contributed by atoms with Crippen molar-refractivity contribution in [2.75, 3.05) is 7.11 Å². The lowest BCUT2D eigenvalue weighted by Gasteiger charge is -2.24. The number of ketones is 1. The van der Waals surface area contributed by atoms with Crippen LogP contribution in [0.1, 0.15) is 12.6 Å². The number of carbonyl (C=O) groups is 2. The summed E-state index contributed by atoms with van der Waals surface area (Å²) in [6, 6.07) is 10.2. The molecule has 1 aromatic carbocycles. The number of esters is 1. The van der Waals surface area contributed by atoms with Crippen LogP contribution in [0.4, 0.5) is 0 Å². The summed E-state index contributed by atoms with van der Waals surface area (Å²) in [6.45, 7) is 1.51. The first-order valence-corrected chi connectivity index (χ1v) is 9.09. The lowest BCUT2D eigenvalue weighted by molar-refractivity contribution is -0.136. The minimum absolute atomic E-state index is 0.0868. The van der Waals surface area contributed by atoms with E-state index in [1.807, 2.05) is 25.2 Å². The average Bonchev–Trinajstić information content (AvgIpc) is 3.01. The Morgan fingerprint density at radius 3 is 2.64 bits per heavy atom. The first-order chi connectivity index (χ1) is 13.5. The molecule has 2 aromatic heterocycles. The Morgan fingerprint density at radius 1 is 1.14 bits per heavy atom. The first-order valence-electron chi connectivity index (χ1n) is 9.09. The maximum absolute atomic E-state index is 12.3. The molecule has 0 aliphatic carbocycles. The Kier molecular flexibility index (Phi) is 4.47. The molecule has 1 unspecified atom stereocenters. The van der Waals surface area contributed by atoms with Gasteiger partial charge >= 0.3 is 5.97 Å². The monoisotopic (exact) mass is 375 g/mol. The van der Waals surface area contributed by atoms with Gasteiger partial charge in [-0.1, -0.05) is 18.2 Å². The highest BCUT2D eigenvalue weighted by Gasteiger charge is 2.31. The molecule has 0 spiro atoms. The number of nitrogens with one attached hydrogen (secondary N) is 1. The smallest absolute Gasteiger partial charge is 0.335 e. The largest absolute Gasteiger partial charge is 0.466 e. The number of para-hydroxylation sites is 1. The number of hydrogen-bond acceptors (Lipinski definition) is 5.